The Morgan fingerprint density at radius 2 is 1.95 bits per heavy atom. The van der Waals surface area contributed by atoms with Gasteiger partial charge in [-0.05, 0) is 52.2 Å². The summed E-state index contributed by atoms with van der Waals surface area (Å²) >= 11 is 0. The molecular weight excluding hydrogens is 264 g/mol. The Morgan fingerprint density at radius 3 is 2.62 bits per heavy atom. The van der Waals surface area contributed by atoms with Crippen LogP contribution >= 0.6 is 0 Å². The highest BCUT2D eigenvalue weighted by Gasteiger charge is 2.08. The fourth-order valence-corrected chi connectivity index (χ4v) is 2.75. The van der Waals surface area contributed by atoms with Crippen LogP contribution in [0.4, 0.5) is 0 Å². The molecule has 0 aliphatic carbocycles. The van der Waals surface area contributed by atoms with Crippen LogP contribution in [0.3, 0.4) is 0 Å². The predicted octanol–water partition coefficient (Wildman–Crippen LogP) is 1.84. The van der Waals surface area contributed by atoms with E-state index in [9.17, 15) is 0 Å². The van der Waals surface area contributed by atoms with Gasteiger partial charge in [-0.2, -0.15) is 0 Å². The van der Waals surface area contributed by atoms with Gasteiger partial charge in [-0.25, -0.2) is 0 Å². The van der Waals surface area contributed by atoms with E-state index in [2.05, 4.69) is 27.4 Å². The summed E-state index contributed by atoms with van der Waals surface area (Å²) in [7, 11) is 3.53. The number of ether oxygens (including phenoxy) is 1. The van der Waals surface area contributed by atoms with Crippen molar-refractivity contribution in [1.29, 1.82) is 0 Å². The van der Waals surface area contributed by atoms with Crippen LogP contribution in [0.15, 0.2) is 4.99 Å². The average molecular weight is 298 g/mol. The molecule has 21 heavy (non-hydrogen) atoms. The van der Waals surface area contributed by atoms with Crippen LogP contribution < -0.4 is 10.6 Å². The number of piperidine rings is 1. The maximum Gasteiger partial charge on any atom is 0.191 e. The predicted molar refractivity (Wildman–Crippen MR) is 90.0 cm³/mol. The van der Waals surface area contributed by atoms with E-state index < -0.39 is 0 Å². The van der Waals surface area contributed by atoms with E-state index in [1.54, 1.807) is 7.11 Å². The fourth-order valence-electron chi connectivity index (χ4n) is 2.75. The van der Waals surface area contributed by atoms with Gasteiger partial charge in [0.1, 0.15) is 0 Å². The lowest BCUT2D eigenvalue weighted by atomic mass is 10.1. The zero-order chi connectivity index (χ0) is 15.3. The first kappa shape index (κ1) is 18.2. The lowest BCUT2D eigenvalue weighted by Gasteiger charge is -2.26. The van der Waals surface area contributed by atoms with Gasteiger partial charge in [0.05, 0.1) is 6.61 Å². The summed E-state index contributed by atoms with van der Waals surface area (Å²) in [6, 6.07) is 0.278. The van der Waals surface area contributed by atoms with Crippen molar-refractivity contribution in [2.24, 2.45) is 4.99 Å². The molecule has 0 radical (unpaired) electrons. The smallest absolute Gasteiger partial charge is 0.191 e. The molecule has 124 valence electrons. The van der Waals surface area contributed by atoms with Crippen LogP contribution in [0.1, 0.15) is 45.4 Å². The second-order valence-electron chi connectivity index (χ2n) is 5.96. The highest BCUT2D eigenvalue weighted by atomic mass is 16.5. The Hall–Kier alpha value is -0.810. The number of guanidine groups is 1. The van der Waals surface area contributed by atoms with Gasteiger partial charge in [-0.15, -0.1) is 0 Å². The Balaban J connectivity index is 1.99. The molecule has 2 N–H and O–H groups in total. The third-order valence-electron chi connectivity index (χ3n) is 3.92. The number of likely N-dealkylation sites (tertiary alicyclic amines) is 1. The van der Waals surface area contributed by atoms with Crippen molar-refractivity contribution in [1.82, 2.24) is 15.5 Å². The molecule has 5 nitrogen and oxygen atoms in total. The third kappa shape index (κ3) is 8.94. The molecular formula is C16H34N4O. The number of unbranched alkanes of at least 4 members (excludes halogenated alkanes) is 2. The van der Waals surface area contributed by atoms with E-state index in [0.29, 0.717) is 6.61 Å². The molecule has 0 amide bonds. The molecule has 1 unspecified atom stereocenters. The molecule has 0 aromatic carbocycles. The van der Waals surface area contributed by atoms with Crippen molar-refractivity contribution < 1.29 is 4.74 Å². The Kier molecular flexibility index (Phi) is 10.3. The SMILES string of the molecule is CN=C(NCCCCCN1CCCCC1)NC(C)COC. The standard InChI is InChI=1S/C16H34N4O/c1-15(14-21-3)19-16(17-2)18-10-6-4-7-11-20-12-8-5-9-13-20/h15H,4-14H2,1-3H3,(H2,17,18,19). The first-order chi connectivity index (χ1) is 10.3. The molecule has 0 spiro atoms. The van der Waals surface area contributed by atoms with E-state index in [-0.39, 0.29) is 6.04 Å². The molecule has 1 rings (SSSR count). The van der Waals surface area contributed by atoms with Gasteiger partial charge in [-0.1, -0.05) is 12.8 Å². The second kappa shape index (κ2) is 11.8. The van der Waals surface area contributed by atoms with Crippen LogP contribution in [0.2, 0.25) is 0 Å². The largest absolute Gasteiger partial charge is 0.383 e. The minimum Gasteiger partial charge on any atom is -0.383 e. The number of rotatable bonds is 9. The number of hydrogen-bond donors (Lipinski definition) is 2. The summed E-state index contributed by atoms with van der Waals surface area (Å²) in [5.74, 6) is 0.871. The summed E-state index contributed by atoms with van der Waals surface area (Å²) in [5, 5.41) is 6.68. The fraction of sp³-hybridized carbons (Fsp3) is 0.938. The molecule has 1 heterocycles. The van der Waals surface area contributed by atoms with Gasteiger partial charge >= 0.3 is 0 Å². The number of methoxy groups -OCH3 is 1. The molecule has 1 atom stereocenters. The van der Waals surface area contributed by atoms with E-state index in [4.69, 9.17) is 4.74 Å². The highest BCUT2D eigenvalue weighted by molar-refractivity contribution is 5.79. The molecule has 0 aromatic heterocycles. The lowest BCUT2D eigenvalue weighted by molar-refractivity contribution is 0.179. The van der Waals surface area contributed by atoms with Crippen molar-refractivity contribution in [3.8, 4) is 0 Å². The van der Waals surface area contributed by atoms with Crippen LogP contribution in [-0.2, 0) is 4.74 Å². The highest BCUT2D eigenvalue weighted by Crippen LogP contribution is 2.09. The molecule has 1 aliphatic rings. The van der Waals surface area contributed by atoms with Crippen LogP contribution in [0, 0.1) is 0 Å². The molecule has 0 bridgehead atoms. The van der Waals surface area contributed by atoms with E-state index in [0.717, 1.165) is 12.5 Å². The van der Waals surface area contributed by atoms with Gasteiger partial charge in [-0.3, -0.25) is 4.99 Å². The molecule has 1 saturated heterocycles. The van der Waals surface area contributed by atoms with Crippen molar-refractivity contribution in [3.05, 3.63) is 0 Å². The summed E-state index contributed by atoms with van der Waals surface area (Å²) in [6.07, 6.45) is 8.01. The van der Waals surface area contributed by atoms with Crippen LogP contribution in [0.25, 0.3) is 0 Å². The van der Waals surface area contributed by atoms with Crippen LogP contribution in [0.5, 0.6) is 0 Å². The Morgan fingerprint density at radius 1 is 1.19 bits per heavy atom. The first-order valence-electron chi connectivity index (χ1n) is 8.44. The van der Waals surface area contributed by atoms with E-state index in [1.807, 2.05) is 7.05 Å². The molecule has 1 fully saturated rings. The first-order valence-corrected chi connectivity index (χ1v) is 8.44. The van der Waals surface area contributed by atoms with Gasteiger partial charge in [0.25, 0.3) is 0 Å². The van der Waals surface area contributed by atoms with Crippen molar-refractivity contribution >= 4 is 5.96 Å². The minimum absolute atomic E-state index is 0.278. The summed E-state index contributed by atoms with van der Waals surface area (Å²) in [6.45, 7) is 7.67. The zero-order valence-electron chi connectivity index (χ0n) is 14.2. The number of hydrogen-bond acceptors (Lipinski definition) is 3. The Bertz CT molecular complexity index is 277. The topological polar surface area (TPSA) is 48.9 Å². The van der Waals surface area contributed by atoms with E-state index >= 15 is 0 Å². The summed E-state index contributed by atoms with van der Waals surface area (Å²) in [4.78, 5) is 6.85. The molecule has 1 aliphatic heterocycles. The average Bonchev–Trinajstić information content (AvgIpc) is 2.50. The molecule has 0 saturated carbocycles. The molecule has 0 aromatic rings. The third-order valence-corrected chi connectivity index (χ3v) is 3.92. The monoisotopic (exact) mass is 298 g/mol. The van der Waals surface area contributed by atoms with E-state index in [1.165, 1.54) is 58.2 Å². The Labute approximate surface area is 130 Å². The maximum atomic E-state index is 5.11. The second-order valence-corrected chi connectivity index (χ2v) is 5.96. The minimum atomic E-state index is 0.278. The van der Waals surface area contributed by atoms with Crippen LogP contribution in [-0.4, -0.2) is 63.8 Å². The summed E-state index contributed by atoms with van der Waals surface area (Å²) < 4.78 is 5.11. The quantitative estimate of drug-likeness (QED) is 0.387. The zero-order valence-corrected chi connectivity index (χ0v) is 14.2. The van der Waals surface area contributed by atoms with Gasteiger partial charge in [0, 0.05) is 26.7 Å². The van der Waals surface area contributed by atoms with Crippen molar-refractivity contribution in [2.75, 3.05) is 46.9 Å². The number of aliphatic imine (C=N–C) groups is 1. The van der Waals surface area contributed by atoms with Gasteiger partial charge in [0.2, 0.25) is 0 Å². The number of nitrogens with one attached hydrogen (secondary N) is 2. The molecule has 5 heteroatoms. The maximum absolute atomic E-state index is 5.11. The number of nitrogens with zero attached hydrogens (tertiary/aromatic N) is 2. The normalized spacial score (nSPS) is 18.5. The summed E-state index contributed by atoms with van der Waals surface area (Å²) in [5.41, 5.74) is 0. The lowest BCUT2D eigenvalue weighted by Crippen LogP contribution is -2.44. The van der Waals surface area contributed by atoms with Crippen molar-refractivity contribution in [3.63, 3.8) is 0 Å². The van der Waals surface area contributed by atoms with Gasteiger partial charge in [0.15, 0.2) is 5.96 Å². The van der Waals surface area contributed by atoms with Gasteiger partial charge < -0.3 is 20.3 Å². The van der Waals surface area contributed by atoms with Crippen molar-refractivity contribution in [2.45, 2.75) is 51.5 Å².